The van der Waals surface area contributed by atoms with Gasteiger partial charge >= 0.3 is 0 Å². The molecule has 1 N–H and O–H groups in total. The first-order chi connectivity index (χ1) is 10.1. The lowest BCUT2D eigenvalue weighted by atomic mass is 9.88. The molecule has 0 spiro atoms. The number of hydrogen-bond donors (Lipinski definition) is 1. The Morgan fingerprint density at radius 2 is 1.76 bits per heavy atom. The average molecular weight is 287 g/mol. The third-order valence-electron chi connectivity index (χ3n) is 5.58. The molecule has 1 aromatic carbocycles. The van der Waals surface area contributed by atoms with Crippen LogP contribution in [0.5, 0.6) is 0 Å². The van der Waals surface area contributed by atoms with Crippen LogP contribution in [0.15, 0.2) is 18.2 Å². The van der Waals surface area contributed by atoms with Crippen molar-refractivity contribution >= 4 is 0 Å². The quantitative estimate of drug-likeness (QED) is 0.918. The van der Waals surface area contributed by atoms with Crippen LogP contribution >= 0.6 is 0 Å². The van der Waals surface area contributed by atoms with E-state index >= 15 is 0 Å². The monoisotopic (exact) mass is 287 g/mol. The van der Waals surface area contributed by atoms with E-state index in [0.29, 0.717) is 0 Å². The van der Waals surface area contributed by atoms with Gasteiger partial charge in [0.25, 0.3) is 0 Å². The molecular weight excluding hydrogens is 258 g/mol. The Labute approximate surface area is 129 Å². The Bertz CT molecular complexity index is 488. The molecule has 1 saturated heterocycles. The van der Waals surface area contributed by atoms with Crippen LogP contribution < -0.4 is 0 Å². The Hall–Kier alpha value is -0.860. The van der Waals surface area contributed by atoms with Crippen molar-refractivity contribution in [1.82, 2.24) is 4.90 Å². The van der Waals surface area contributed by atoms with Gasteiger partial charge in [-0.1, -0.05) is 24.6 Å². The molecule has 1 atom stereocenters. The van der Waals surface area contributed by atoms with E-state index in [1.54, 1.807) is 0 Å². The van der Waals surface area contributed by atoms with Crippen LogP contribution in [-0.4, -0.2) is 34.7 Å². The summed E-state index contributed by atoms with van der Waals surface area (Å²) >= 11 is 0. The van der Waals surface area contributed by atoms with Gasteiger partial charge < -0.3 is 5.11 Å². The highest BCUT2D eigenvalue weighted by Crippen LogP contribution is 2.28. The molecule has 0 amide bonds. The third kappa shape index (κ3) is 3.17. The van der Waals surface area contributed by atoms with Crippen LogP contribution in [-0.2, 0) is 19.3 Å². The first-order valence-electron chi connectivity index (χ1n) is 8.61. The maximum atomic E-state index is 10.8. The molecule has 0 radical (unpaired) electrons. The molecule has 21 heavy (non-hydrogen) atoms. The minimum Gasteiger partial charge on any atom is -0.391 e. The maximum Gasteiger partial charge on any atom is 0.0758 e. The van der Waals surface area contributed by atoms with Gasteiger partial charge in [-0.3, -0.25) is 4.90 Å². The molecule has 0 saturated carbocycles. The lowest BCUT2D eigenvalue weighted by Gasteiger charge is -2.44. The van der Waals surface area contributed by atoms with Crippen LogP contribution in [0.4, 0.5) is 0 Å². The number of rotatable bonds is 4. The van der Waals surface area contributed by atoms with Crippen molar-refractivity contribution in [2.45, 2.75) is 70.4 Å². The molecule has 3 rings (SSSR count). The van der Waals surface area contributed by atoms with Gasteiger partial charge in [-0.2, -0.15) is 0 Å². The molecule has 0 aromatic heterocycles. The minimum absolute atomic E-state index is 0.126. The molecule has 1 aliphatic heterocycles. The fourth-order valence-corrected chi connectivity index (χ4v) is 3.91. The molecule has 2 nitrogen and oxygen atoms in total. The third-order valence-corrected chi connectivity index (χ3v) is 5.58. The van der Waals surface area contributed by atoms with Gasteiger partial charge in [0, 0.05) is 12.0 Å². The highest BCUT2D eigenvalue weighted by Gasteiger charge is 2.34. The first-order valence-corrected chi connectivity index (χ1v) is 8.61. The second-order valence-corrected chi connectivity index (χ2v) is 7.38. The van der Waals surface area contributed by atoms with Crippen LogP contribution in [0.2, 0.25) is 0 Å². The van der Waals surface area contributed by atoms with Crippen LogP contribution in [0.1, 0.15) is 56.2 Å². The number of hydrogen-bond acceptors (Lipinski definition) is 2. The van der Waals surface area contributed by atoms with E-state index in [4.69, 9.17) is 0 Å². The molecular formula is C19H29NO. The number of aliphatic hydroxyl groups excluding tert-OH is 1. The fraction of sp³-hybridized carbons (Fsp3) is 0.684. The summed E-state index contributed by atoms with van der Waals surface area (Å²) in [5.41, 5.74) is 4.20. The summed E-state index contributed by atoms with van der Waals surface area (Å²) in [5, 5.41) is 10.8. The van der Waals surface area contributed by atoms with E-state index < -0.39 is 0 Å². The molecule has 1 aromatic rings. The zero-order valence-electron chi connectivity index (χ0n) is 13.6. The first kappa shape index (κ1) is 15.1. The molecule has 1 fully saturated rings. The number of fused-ring (bicyclic) bond motifs is 1. The number of aryl methyl sites for hydroxylation is 2. The lowest BCUT2D eigenvalue weighted by molar-refractivity contribution is -0.0187. The van der Waals surface area contributed by atoms with Gasteiger partial charge in [0.1, 0.15) is 0 Å². The summed E-state index contributed by atoms with van der Waals surface area (Å²) in [6.45, 7) is 6.68. The van der Waals surface area contributed by atoms with Crippen molar-refractivity contribution in [2.24, 2.45) is 0 Å². The van der Waals surface area contributed by atoms with Gasteiger partial charge in [-0.15, -0.1) is 0 Å². The Morgan fingerprint density at radius 1 is 1.05 bits per heavy atom. The van der Waals surface area contributed by atoms with Crippen LogP contribution in [0.3, 0.4) is 0 Å². The van der Waals surface area contributed by atoms with Gasteiger partial charge in [0.2, 0.25) is 0 Å². The summed E-state index contributed by atoms with van der Waals surface area (Å²) in [6.07, 6.45) is 8.11. The number of piperidine rings is 1. The summed E-state index contributed by atoms with van der Waals surface area (Å²) in [4.78, 5) is 2.48. The van der Waals surface area contributed by atoms with Gasteiger partial charge in [0.05, 0.1) is 6.10 Å². The van der Waals surface area contributed by atoms with Gasteiger partial charge in [0.15, 0.2) is 0 Å². The molecule has 1 unspecified atom stereocenters. The number of benzene rings is 1. The standard InChI is InChI=1S/C19H29NO/c1-19(2,20-11-4-3-5-12-20)18(21)14-15-9-10-16-7-6-8-17(16)13-15/h9-10,13,18,21H,3-8,11-12,14H2,1-2H3. The highest BCUT2D eigenvalue weighted by molar-refractivity contribution is 5.35. The summed E-state index contributed by atoms with van der Waals surface area (Å²) in [6, 6.07) is 6.83. The van der Waals surface area contributed by atoms with E-state index in [2.05, 4.69) is 36.9 Å². The predicted molar refractivity (Wildman–Crippen MR) is 87.7 cm³/mol. The highest BCUT2D eigenvalue weighted by atomic mass is 16.3. The largest absolute Gasteiger partial charge is 0.391 e. The maximum absolute atomic E-state index is 10.8. The minimum atomic E-state index is -0.296. The van der Waals surface area contributed by atoms with E-state index in [1.165, 1.54) is 55.2 Å². The van der Waals surface area contributed by atoms with E-state index in [1.807, 2.05) is 0 Å². The molecule has 2 aliphatic rings. The number of likely N-dealkylation sites (tertiary alicyclic amines) is 1. The SMILES string of the molecule is CC(C)(C(O)Cc1ccc2c(c1)CCC2)N1CCCCC1. The second kappa shape index (κ2) is 6.10. The lowest BCUT2D eigenvalue weighted by Crippen LogP contribution is -2.54. The smallest absolute Gasteiger partial charge is 0.0758 e. The fourth-order valence-electron chi connectivity index (χ4n) is 3.91. The van der Waals surface area contributed by atoms with Crippen molar-refractivity contribution in [3.8, 4) is 0 Å². The Kier molecular flexibility index (Phi) is 4.37. The molecule has 1 heterocycles. The Morgan fingerprint density at radius 3 is 2.52 bits per heavy atom. The summed E-state index contributed by atoms with van der Waals surface area (Å²) in [5.74, 6) is 0. The zero-order valence-corrected chi connectivity index (χ0v) is 13.6. The second-order valence-electron chi connectivity index (χ2n) is 7.38. The predicted octanol–water partition coefficient (Wildman–Crippen LogP) is 3.34. The molecule has 2 heteroatoms. The van der Waals surface area contributed by atoms with Gasteiger partial charge in [-0.05, 0) is 75.7 Å². The summed E-state index contributed by atoms with van der Waals surface area (Å²) in [7, 11) is 0. The van der Waals surface area contributed by atoms with E-state index in [9.17, 15) is 5.11 Å². The number of nitrogens with zero attached hydrogens (tertiary/aromatic N) is 1. The average Bonchev–Trinajstić information content (AvgIpc) is 2.95. The Balaban J connectivity index is 1.68. The van der Waals surface area contributed by atoms with Crippen LogP contribution in [0.25, 0.3) is 0 Å². The topological polar surface area (TPSA) is 23.5 Å². The van der Waals surface area contributed by atoms with E-state index in [0.717, 1.165) is 19.5 Å². The number of aliphatic hydroxyl groups is 1. The van der Waals surface area contributed by atoms with Crippen molar-refractivity contribution in [3.63, 3.8) is 0 Å². The molecule has 0 bridgehead atoms. The van der Waals surface area contributed by atoms with Crippen molar-refractivity contribution in [1.29, 1.82) is 0 Å². The van der Waals surface area contributed by atoms with E-state index in [-0.39, 0.29) is 11.6 Å². The van der Waals surface area contributed by atoms with Crippen molar-refractivity contribution in [2.75, 3.05) is 13.1 Å². The van der Waals surface area contributed by atoms with Crippen molar-refractivity contribution in [3.05, 3.63) is 34.9 Å². The summed E-state index contributed by atoms with van der Waals surface area (Å²) < 4.78 is 0. The molecule has 116 valence electrons. The molecule has 1 aliphatic carbocycles. The van der Waals surface area contributed by atoms with Crippen LogP contribution in [0, 0.1) is 0 Å². The normalized spacial score (nSPS) is 21.3. The van der Waals surface area contributed by atoms with Gasteiger partial charge in [-0.25, -0.2) is 0 Å². The zero-order chi connectivity index (χ0) is 14.9. The van der Waals surface area contributed by atoms with Crippen molar-refractivity contribution < 1.29 is 5.11 Å².